The second kappa shape index (κ2) is 14.6. The number of nitrogens with two attached hydrogens (primary N) is 2. The van der Waals surface area contributed by atoms with Crippen LogP contribution in [0.25, 0.3) is 0 Å². The van der Waals surface area contributed by atoms with Gasteiger partial charge in [-0.2, -0.15) is 5.10 Å². The number of rotatable bonds is 13. The lowest BCUT2D eigenvalue weighted by Gasteiger charge is -2.16. The molecule has 0 aromatic heterocycles. The van der Waals surface area contributed by atoms with E-state index in [1.54, 1.807) is 17.8 Å². The Morgan fingerprint density at radius 2 is 2.00 bits per heavy atom. The van der Waals surface area contributed by atoms with Crippen molar-refractivity contribution in [2.24, 2.45) is 21.9 Å². The molecule has 0 amide bonds. The third-order valence-corrected chi connectivity index (χ3v) is 6.83. The van der Waals surface area contributed by atoms with E-state index in [4.69, 9.17) is 28.0 Å². The van der Waals surface area contributed by atoms with Gasteiger partial charge in [0.15, 0.2) is 0 Å². The summed E-state index contributed by atoms with van der Waals surface area (Å²) in [5.74, 6) is 12.8. The molecule has 0 aliphatic heterocycles. The molecular formula is C24H34ClN5O3S. The molecule has 10 heteroatoms. The van der Waals surface area contributed by atoms with Crippen molar-refractivity contribution in [1.29, 1.82) is 0 Å². The van der Waals surface area contributed by atoms with E-state index in [0.717, 1.165) is 41.0 Å². The Morgan fingerprint density at radius 3 is 2.62 bits per heavy atom. The van der Waals surface area contributed by atoms with Crippen molar-refractivity contribution >= 4 is 34.9 Å². The summed E-state index contributed by atoms with van der Waals surface area (Å²) in [6.07, 6.45) is 4.38. The molecule has 2 aromatic carbocycles. The number of thioether (sulfide) groups is 1. The number of ether oxygens (including phenoxy) is 1. The van der Waals surface area contributed by atoms with Gasteiger partial charge >= 0.3 is 0 Å². The van der Waals surface area contributed by atoms with Crippen LogP contribution in [0.1, 0.15) is 56.2 Å². The number of hydrazine groups is 1. The predicted octanol–water partition coefficient (Wildman–Crippen LogP) is 4.82. The molecule has 7 N–H and O–H groups in total. The van der Waals surface area contributed by atoms with E-state index >= 15 is 0 Å². The largest absolute Gasteiger partial charge is 0.507 e. The molecular weight excluding hydrogens is 474 g/mol. The van der Waals surface area contributed by atoms with Crippen LogP contribution in [0.15, 0.2) is 45.5 Å². The molecule has 2 rings (SSSR count). The summed E-state index contributed by atoms with van der Waals surface area (Å²) in [6.45, 7) is 4.47. The molecule has 2 aromatic rings. The van der Waals surface area contributed by atoms with Crippen LogP contribution in [0.2, 0.25) is 5.02 Å². The van der Waals surface area contributed by atoms with E-state index in [0.29, 0.717) is 53.8 Å². The fraction of sp³-hybridized carbons (Fsp3) is 0.417. The number of hydrogen-bond acceptors (Lipinski definition) is 8. The number of nitrogens with zero attached hydrogens (tertiary/aromatic N) is 2. The average Bonchev–Trinajstić information content (AvgIpc) is 2.84. The molecule has 0 heterocycles. The summed E-state index contributed by atoms with van der Waals surface area (Å²) in [5.41, 5.74) is 5.19. The Labute approximate surface area is 210 Å². The monoisotopic (exact) mass is 507 g/mol. The highest BCUT2D eigenvalue weighted by molar-refractivity contribution is 7.99. The SMILES string of the molecule is CCCc1c(OCCCCSc2ccc(C/C(=N/N)NN)cc2Cl)ccc(/C(CC)=N/O)c1O. The first-order chi connectivity index (χ1) is 16.5. The fourth-order valence-corrected chi connectivity index (χ4v) is 4.76. The number of phenols is 1. The fourth-order valence-electron chi connectivity index (χ4n) is 3.46. The maximum Gasteiger partial charge on any atom is 0.140 e. The first-order valence-electron chi connectivity index (χ1n) is 11.3. The van der Waals surface area contributed by atoms with Crippen molar-refractivity contribution in [1.82, 2.24) is 5.43 Å². The highest BCUT2D eigenvalue weighted by Gasteiger charge is 2.16. The highest BCUT2D eigenvalue weighted by Crippen LogP contribution is 2.34. The third-order valence-electron chi connectivity index (χ3n) is 5.25. The highest BCUT2D eigenvalue weighted by atomic mass is 35.5. The lowest BCUT2D eigenvalue weighted by molar-refractivity contribution is 0.303. The topological polar surface area (TPSA) is 138 Å². The van der Waals surface area contributed by atoms with Crippen LogP contribution in [0.5, 0.6) is 11.5 Å². The predicted molar refractivity (Wildman–Crippen MR) is 140 cm³/mol. The average molecular weight is 508 g/mol. The summed E-state index contributed by atoms with van der Waals surface area (Å²) < 4.78 is 5.99. The summed E-state index contributed by atoms with van der Waals surface area (Å²) in [7, 11) is 0. The first-order valence-corrected chi connectivity index (χ1v) is 12.7. The Morgan fingerprint density at radius 1 is 1.21 bits per heavy atom. The van der Waals surface area contributed by atoms with Gasteiger partial charge in [-0.25, -0.2) is 5.84 Å². The van der Waals surface area contributed by atoms with Gasteiger partial charge in [-0.05, 0) is 61.3 Å². The van der Waals surface area contributed by atoms with E-state index < -0.39 is 0 Å². The van der Waals surface area contributed by atoms with Crippen molar-refractivity contribution < 1.29 is 15.1 Å². The number of phenolic OH excluding ortho intramolecular Hbond substituents is 1. The number of hydrazone groups is 1. The lowest BCUT2D eigenvalue weighted by Crippen LogP contribution is -2.32. The summed E-state index contributed by atoms with van der Waals surface area (Å²) in [5, 5.41) is 27.5. The normalized spacial score (nSPS) is 12.1. The maximum absolute atomic E-state index is 10.7. The molecule has 0 unspecified atom stereocenters. The zero-order chi connectivity index (χ0) is 24.9. The Balaban J connectivity index is 1.87. The molecule has 0 radical (unpaired) electrons. The molecule has 0 spiro atoms. The number of hydrogen-bond donors (Lipinski definition) is 5. The first kappa shape index (κ1) is 27.6. The number of aromatic hydroxyl groups is 1. The van der Waals surface area contributed by atoms with Gasteiger partial charge in [-0.1, -0.05) is 43.1 Å². The van der Waals surface area contributed by atoms with E-state index in [1.165, 1.54) is 0 Å². The second-order valence-corrected chi connectivity index (χ2v) is 9.20. The van der Waals surface area contributed by atoms with Crippen LogP contribution in [0.3, 0.4) is 0 Å². The molecule has 0 saturated heterocycles. The molecule has 0 saturated carbocycles. The van der Waals surface area contributed by atoms with Crippen LogP contribution in [-0.2, 0) is 12.8 Å². The van der Waals surface area contributed by atoms with Gasteiger partial charge in [0, 0.05) is 22.4 Å². The van der Waals surface area contributed by atoms with Gasteiger partial charge in [0.05, 0.1) is 17.3 Å². The minimum atomic E-state index is 0.134. The van der Waals surface area contributed by atoms with Gasteiger partial charge in [-0.15, -0.1) is 11.8 Å². The van der Waals surface area contributed by atoms with Crippen LogP contribution in [0.4, 0.5) is 0 Å². The van der Waals surface area contributed by atoms with E-state index in [-0.39, 0.29) is 5.75 Å². The van der Waals surface area contributed by atoms with Crippen molar-refractivity contribution in [2.75, 3.05) is 12.4 Å². The summed E-state index contributed by atoms with van der Waals surface area (Å²) in [4.78, 5) is 1.02. The van der Waals surface area contributed by atoms with Crippen LogP contribution in [-0.4, -0.2) is 34.2 Å². The molecule has 0 fully saturated rings. The van der Waals surface area contributed by atoms with Gasteiger partial charge < -0.3 is 26.3 Å². The van der Waals surface area contributed by atoms with E-state index in [1.807, 2.05) is 38.1 Å². The third kappa shape index (κ3) is 7.72. The van der Waals surface area contributed by atoms with E-state index in [2.05, 4.69) is 15.7 Å². The van der Waals surface area contributed by atoms with Crippen molar-refractivity contribution in [3.8, 4) is 11.5 Å². The van der Waals surface area contributed by atoms with Gasteiger partial charge in [-0.3, -0.25) is 0 Å². The standard InChI is InChI=1S/C24H34ClN5O3S/c1-3-7-18-21(10-9-17(24(18)31)20(4-2)30-32)33-12-5-6-13-34-22-11-8-16(14-19(22)25)15-23(28-26)29-27/h8-11,14,31-32H,3-7,12-13,15,26-27H2,1-2H3,(H,28,29)/b30-20+. The smallest absolute Gasteiger partial charge is 0.140 e. The van der Waals surface area contributed by atoms with Crippen LogP contribution in [0, 0.1) is 0 Å². The Kier molecular flexibility index (Phi) is 11.9. The molecule has 34 heavy (non-hydrogen) atoms. The Hall–Kier alpha value is -2.62. The molecule has 0 bridgehead atoms. The zero-order valence-corrected chi connectivity index (χ0v) is 21.3. The number of benzene rings is 2. The molecule has 0 aliphatic carbocycles. The number of halogens is 1. The van der Waals surface area contributed by atoms with Gasteiger partial charge in [0.2, 0.25) is 0 Å². The zero-order valence-electron chi connectivity index (χ0n) is 19.7. The maximum atomic E-state index is 10.7. The summed E-state index contributed by atoms with van der Waals surface area (Å²) >= 11 is 8.12. The van der Waals surface area contributed by atoms with E-state index in [9.17, 15) is 10.3 Å². The van der Waals surface area contributed by atoms with Crippen molar-refractivity contribution in [2.45, 2.75) is 57.3 Å². The number of nitrogens with one attached hydrogen (secondary N) is 1. The van der Waals surface area contributed by atoms with Gasteiger partial charge in [0.1, 0.15) is 17.3 Å². The number of amidine groups is 1. The second-order valence-electron chi connectivity index (χ2n) is 7.65. The lowest BCUT2D eigenvalue weighted by atomic mass is 9.99. The quantitative estimate of drug-likeness (QED) is 0.0498. The van der Waals surface area contributed by atoms with Crippen LogP contribution < -0.4 is 21.8 Å². The summed E-state index contributed by atoms with van der Waals surface area (Å²) in [6, 6.07) is 9.46. The molecule has 8 nitrogen and oxygen atoms in total. The minimum absolute atomic E-state index is 0.134. The molecule has 186 valence electrons. The molecule has 0 aliphatic rings. The van der Waals surface area contributed by atoms with Gasteiger partial charge in [0.25, 0.3) is 0 Å². The van der Waals surface area contributed by atoms with Crippen molar-refractivity contribution in [3.63, 3.8) is 0 Å². The Bertz CT molecular complexity index is 1000. The van der Waals surface area contributed by atoms with Crippen molar-refractivity contribution in [3.05, 3.63) is 52.0 Å². The minimum Gasteiger partial charge on any atom is -0.507 e. The van der Waals surface area contributed by atoms with Crippen LogP contribution >= 0.6 is 23.4 Å². The molecule has 0 atom stereocenters. The number of unbranched alkanes of at least 4 members (excludes halogenated alkanes) is 1. The number of oxime groups is 1.